The topological polar surface area (TPSA) is 67.3 Å². The second kappa shape index (κ2) is 7.96. The SMILES string of the molecule is COc1ccc(CNC(=O)c2cnc(N3CCC(C)CC3)cn2)cc1. The Balaban J connectivity index is 1.55. The zero-order valence-electron chi connectivity index (χ0n) is 14.7. The molecule has 0 atom stereocenters. The predicted octanol–water partition coefficient (Wildman–Crippen LogP) is 2.65. The standard InChI is InChI=1S/C19H24N4O2/c1-14-7-9-23(10-8-14)18-13-20-17(12-21-18)19(24)22-11-15-3-5-16(25-2)6-4-15/h3-6,12-14H,7-11H2,1-2H3,(H,22,24). The fourth-order valence-corrected chi connectivity index (χ4v) is 2.86. The van der Waals surface area contributed by atoms with Gasteiger partial charge in [0.05, 0.1) is 19.5 Å². The minimum Gasteiger partial charge on any atom is -0.497 e. The molecular weight excluding hydrogens is 316 g/mol. The largest absolute Gasteiger partial charge is 0.497 e. The molecule has 2 heterocycles. The van der Waals surface area contributed by atoms with Gasteiger partial charge in [-0.25, -0.2) is 9.97 Å². The first-order valence-corrected chi connectivity index (χ1v) is 8.64. The van der Waals surface area contributed by atoms with Crippen LogP contribution in [0, 0.1) is 5.92 Å². The molecule has 6 nitrogen and oxygen atoms in total. The third kappa shape index (κ3) is 4.47. The van der Waals surface area contributed by atoms with E-state index in [0.717, 1.165) is 36.1 Å². The van der Waals surface area contributed by atoms with Gasteiger partial charge in [-0.3, -0.25) is 4.79 Å². The number of methoxy groups -OCH3 is 1. The molecule has 25 heavy (non-hydrogen) atoms. The van der Waals surface area contributed by atoms with Gasteiger partial charge in [-0.2, -0.15) is 0 Å². The molecule has 3 rings (SSSR count). The van der Waals surface area contributed by atoms with Crippen molar-refractivity contribution < 1.29 is 9.53 Å². The Morgan fingerprint density at radius 2 is 1.92 bits per heavy atom. The van der Waals surface area contributed by atoms with Gasteiger partial charge in [0.2, 0.25) is 0 Å². The number of benzene rings is 1. The van der Waals surface area contributed by atoms with Crippen LogP contribution < -0.4 is 15.0 Å². The van der Waals surface area contributed by atoms with Gasteiger partial charge in [0.1, 0.15) is 17.3 Å². The number of anilines is 1. The van der Waals surface area contributed by atoms with Crippen LogP contribution in [-0.4, -0.2) is 36.1 Å². The maximum Gasteiger partial charge on any atom is 0.271 e. The number of hydrogen-bond acceptors (Lipinski definition) is 5. The molecule has 0 unspecified atom stereocenters. The summed E-state index contributed by atoms with van der Waals surface area (Å²) in [6.45, 7) is 4.72. The van der Waals surface area contributed by atoms with Crippen LogP contribution in [0.2, 0.25) is 0 Å². The van der Waals surface area contributed by atoms with Gasteiger partial charge in [-0.1, -0.05) is 19.1 Å². The molecule has 0 spiro atoms. The van der Waals surface area contributed by atoms with Crippen LogP contribution in [-0.2, 0) is 6.54 Å². The summed E-state index contributed by atoms with van der Waals surface area (Å²) < 4.78 is 5.12. The highest BCUT2D eigenvalue weighted by Crippen LogP contribution is 2.20. The van der Waals surface area contributed by atoms with Gasteiger partial charge in [-0.05, 0) is 36.5 Å². The van der Waals surface area contributed by atoms with Gasteiger partial charge in [0.15, 0.2) is 0 Å². The fourth-order valence-electron chi connectivity index (χ4n) is 2.86. The molecule has 1 amide bonds. The second-order valence-corrected chi connectivity index (χ2v) is 6.46. The number of piperidine rings is 1. The van der Waals surface area contributed by atoms with E-state index >= 15 is 0 Å². The molecule has 0 saturated carbocycles. The van der Waals surface area contributed by atoms with Crippen molar-refractivity contribution in [2.24, 2.45) is 5.92 Å². The number of rotatable bonds is 5. The summed E-state index contributed by atoms with van der Waals surface area (Å²) >= 11 is 0. The fraction of sp³-hybridized carbons (Fsp3) is 0.421. The molecule has 1 fully saturated rings. The predicted molar refractivity (Wildman–Crippen MR) is 96.8 cm³/mol. The van der Waals surface area contributed by atoms with Crippen LogP contribution in [0.15, 0.2) is 36.7 Å². The van der Waals surface area contributed by atoms with E-state index in [4.69, 9.17) is 4.74 Å². The zero-order valence-corrected chi connectivity index (χ0v) is 14.7. The number of nitrogens with zero attached hydrogens (tertiary/aromatic N) is 3. The van der Waals surface area contributed by atoms with Crippen LogP contribution in [0.1, 0.15) is 35.8 Å². The lowest BCUT2D eigenvalue weighted by atomic mass is 9.99. The summed E-state index contributed by atoms with van der Waals surface area (Å²) in [6.07, 6.45) is 5.59. The molecule has 2 aromatic rings. The smallest absolute Gasteiger partial charge is 0.271 e. The Bertz CT molecular complexity index is 692. The quantitative estimate of drug-likeness (QED) is 0.906. The number of hydrogen-bond donors (Lipinski definition) is 1. The molecule has 132 valence electrons. The van der Waals surface area contributed by atoms with Crippen LogP contribution in [0.5, 0.6) is 5.75 Å². The lowest BCUT2D eigenvalue weighted by molar-refractivity contribution is 0.0945. The second-order valence-electron chi connectivity index (χ2n) is 6.46. The molecular formula is C19H24N4O2. The van der Waals surface area contributed by atoms with Crippen molar-refractivity contribution in [3.8, 4) is 5.75 Å². The summed E-state index contributed by atoms with van der Waals surface area (Å²) in [5.74, 6) is 2.19. The number of carbonyl (C=O) groups excluding carboxylic acids is 1. The van der Waals surface area contributed by atoms with Gasteiger partial charge in [0, 0.05) is 19.6 Å². The third-order valence-corrected chi connectivity index (χ3v) is 4.59. The third-order valence-electron chi connectivity index (χ3n) is 4.59. The summed E-state index contributed by atoms with van der Waals surface area (Å²) in [7, 11) is 1.63. The molecule has 1 aliphatic rings. The normalized spacial score (nSPS) is 15.0. The first kappa shape index (κ1) is 17.2. The van der Waals surface area contributed by atoms with Crippen molar-refractivity contribution in [3.63, 3.8) is 0 Å². The molecule has 0 radical (unpaired) electrons. The number of carbonyl (C=O) groups is 1. The molecule has 1 saturated heterocycles. The maximum absolute atomic E-state index is 12.2. The van der Waals surface area contributed by atoms with Crippen molar-refractivity contribution in [2.45, 2.75) is 26.3 Å². The van der Waals surface area contributed by atoms with Crippen molar-refractivity contribution in [3.05, 3.63) is 47.9 Å². The zero-order chi connectivity index (χ0) is 17.6. The van der Waals surface area contributed by atoms with Crippen molar-refractivity contribution >= 4 is 11.7 Å². The maximum atomic E-state index is 12.2. The molecule has 0 bridgehead atoms. The highest BCUT2D eigenvalue weighted by molar-refractivity contribution is 5.91. The van der Waals surface area contributed by atoms with E-state index in [9.17, 15) is 4.79 Å². The van der Waals surface area contributed by atoms with E-state index in [-0.39, 0.29) is 5.91 Å². The van der Waals surface area contributed by atoms with Gasteiger partial charge in [-0.15, -0.1) is 0 Å². The first-order valence-electron chi connectivity index (χ1n) is 8.64. The summed E-state index contributed by atoms with van der Waals surface area (Å²) in [6, 6.07) is 7.58. The Kier molecular flexibility index (Phi) is 5.48. The van der Waals surface area contributed by atoms with E-state index in [1.165, 1.54) is 12.8 Å². The minimum atomic E-state index is -0.220. The number of aromatic nitrogens is 2. The summed E-state index contributed by atoms with van der Waals surface area (Å²) in [5.41, 5.74) is 1.34. The molecule has 1 aromatic carbocycles. The van der Waals surface area contributed by atoms with Crippen molar-refractivity contribution in [1.82, 2.24) is 15.3 Å². The molecule has 0 aliphatic carbocycles. The highest BCUT2D eigenvalue weighted by Gasteiger charge is 2.17. The van der Waals surface area contributed by atoms with E-state index in [1.54, 1.807) is 19.5 Å². The summed E-state index contributed by atoms with van der Waals surface area (Å²) in [4.78, 5) is 23.1. The lowest BCUT2D eigenvalue weighted by Gasteiger charge is -2.30. The summed E-state index contributed by atoms with van der Waals surface area (Å²) in [5, 5.41) is 2.86. The lowest BCUT2D eigenvalue weighted by Crippen LogP contribution is -2.33. The van der Waals surface area contributed by atoms with Gasteiger partial charge < -0.3 is 15.0 Å². The van der Waals surface area contributed by atoms with Crippen LogP contribution >= 0.6 is 0 Å². The number of amides is 1. The Labute approximate surface area is 148 Å². The van der Waals surface area contributed by atoms with Gasteiger partial charge in [0.25, 0.3) is 5.91 Å². The molecule has 1 aliphatic heterocycles. The van der Waals surface area contributed by atoms with Crippen molar-refractivity contribution in [1.29, 1.82) is 0 Å². The van der Waals surface area contributed by atoms with E-state index in [0.29, 0.717) is 12.2 Å². The molecule has 6 heteroatoms. The monoisotopic (exact) mass is 340 g/mol. The van der Waals surface area contributed by atoms with Crippen molar-refractivity contribution in [2.75, 3.05) is 25.1 Å². The number of ether oxygens (including phenoxy) is 1. The molecule has 1 aromatic heterocycles. The van der Waals surface area contributed by atoms with Crippen LogP contribution in [0.3, 0.4) is 0 Å². The van der Waals surface area contributed by atoms with E-state index < -0.39 is 0 Å². The highest BCUT2D eigenvalue weighted by atomic mass is 16.5. The molecule has 1 N–H and O–H groups in total. The Hall–Kier alpha value is -2.63. The number of nitrogens with one attached hydrogen (secondary N) is 1. The van der Waals surface area contributed by atoms with E-state index in [2.05, 4.69) is 27.1 Å². The van der Waals surface area contributed by atoms with Crippen LogP contribution in [0.25, 0.3) is 0 Å². The van der Waals surface area contributed by atoms with Crippen LogP contribution in [0.4, 0.5) is 5.82 Å². The average molecular weight is 340 g/mol. The average Bonchev–Trinajstić information content (AvgIpc) is 2.67. The Morgan fingerprint density at radius 3 is 2.52 bits per heavy atom. The first-order chi connectivity index (χ1) is 12.2. The minimum absolute atomic E-state index is 0.220. The van der Waals surface area contributed by atoms with E-state index in [1.807, 2.05) is 24.3 Å². The Morgan fingerprint density at radius 1 is 1.20 bits per heavy atom. The van der Waals surface area contributed by atoms with Gasteiger partial charge >= 0.3 is 0 Å².